The third-order valence-electron chi connectivity index (χ3n) is 4.92. The van der Waals surface area contributed by atoms with Crippen molar-refractivity contribution in [3.8, 4) is 0 Å². The van der Waals surface area contributed by atoms with Gasteiger partial charge in [0.2, 0.25) is 5.91 Å². The molecule has 2 aromatic carbocycles. The Labute approximate surface area is 186 Å². The van der Waals surface area contributed by atoms with Gasteiger partial charge in [-0.2, -0.15) is 0 Å². The van der Waals surface area contributed by atoms with E-state index in [0.717, 1.165) is 10.4 Å². The first kappa shape index (κ1) is 24.6. The van der Waals surface area contributed by atoms with E-state index in [1.54, 1.807) is 20.8 Å². The van der Waals surface area contributed by atoms with E-state index in [-0.39, 0.29) is 11.6 Å². The molecule has 6 nitrogen and oxygen atoms in total. The van der Waals surface area contributed by atoms with Crippen LogP contribution in [0.1, 0.15) is 41.5 Å². The standard InChI is InChI=1S/C24H34N2O4Si/c1-23(2,3)30-22(28)26-20(21(25)27)17-29-31(24(4,5)6,18-13-9-7-10-14-18)19-15-11-8-12-16-19/h7-16,20H,17H2,1-6H3,(H2,25,27)(H,26,28). The van der Waals surface area contributed by atoms with Crippen molar-refractivity contribution >= 4 is 30.7 Å². The van der Waals surface area contributed by atoms with Gasteiger partial charge in [0.05, 0.1) is 6.61 Å². The Balaban J connectivity index is 2.43. The van der Waals surface area contributed by atoms with Gasteiger partial charge in [-0.15, -0.1) is 0 Å². The van der Waals surface area contributed by atoms with Crippen LogP contribution in [-0.4, -0.2) is 38.6 Å². The first-order chi connectivity index (χ1) is 14.4. The highest BCUT2D eigenvalue weighted by molar-refractivity contribution is 6.99. The molecule has 168 valence electrons. The lowest BCUT2D eigenvalue weighted by molar-refractivity contribution is -0.120. The molecule has 0 bridgehead atoms. The van der Waals surface area contributed by atoms with Crippen molar-refractivity contribution in [2.45, 2.75) is 58.2 Å². The van der Waals surface area contributed by atoms with Crippen molar-refractivity contribution in [1.29, 1.82) is 0 Å². The molecule has 1 unspecified atom stereocenters. The van der Waals surface area contributed by atoms with Crippen LogP contribution >= 0.6 is 0 Å². The molecule has 31 heavy (non-hydrogen) atoms. The molecule has 1 atom stereocenters. The fraction of sp³-hybridized carbons (Fsp3) is 0.417. The van der Waals surface area contributed by atoms with E-state index in [1.807, 2.05) is 36.4 Å². The lowest BCUT2D eigenvalue weighted by Gasteiger charge is -2.43. The summed E-state index contributed by atoms with van der Waals surface area (Å²) in [4.78, 5) is 24.4. The topological polar surface area (TPSA) is 90.7 Å². The highest BCUT2D eigenvalue weighted by Gasteiger charge is 2.50. The molecule has 2 rings (SSSR count). The van der Waals surface area contributed by atoms with Crippen LogP contribution in [0.25, 0.3) is 0 Å². The van der Waals surface area contributed by atoms with E-state index in [9.17, 15) is 9.59 Å². The van der Waals surface area contributed by atoms with Gasteiger partial charge in [0, 0.05) is 0 Å². The molecule has 0 saturated carbocycles. The second-order valence-electron chi connectivity index (χ2n) is 9.58. The summed E-state index contributed by atoms with van der Waals surface area (Å²) in [6.45, 7) is 11.6. The lowest BCUT2D eigenvalue weighted by Crippen LogP contribution is -2.67. The van der Waals surface area contributed by atoms with Crippen molar-refractivity contribution in [2.75, 3.05) is 6.61 Å². The molecule has 0 heterocycles. The fourth-order valence-electron chi connectivity index (χ4n) is 3.61. The molecule has 0 fully saturated rings. The van der Waals surface area contributed by atoms with Crippen molar-refractivity contribution in [3.05, 3.63) is 60.7 Å². The summed E-state index contributed by atoms with van der Waals surface area (Å²) in [7, 11) is -2.86. The molecule has 0 aliphatic rings. The van der Waals surface area contributed by atoms with Gasteiger partial charge >= 0.3 is 6.09 Å². The Bertz CT molecular complexity index is 834. The first-order valence-corrected chi connectivity index (χ1v) is 12.3. The van der Waals surface area contributed by atoms with Crippen LogP contribution in [0, 0.1) is 0 Å². The van der Waals surface area contributed by atoms with Crippen LogP contribution in [0.15, 0.2) is 60.7 Å². The molecule has 0 aromatic heterocycles. The molecular formula is C24H34N2O4Si. The smallest absolute Gasteiger partial charge is 0.408 e. The second kappa shape index (κ2) is 9.66. The molecule has 0 aliphatic heterocycles. The maximum Gasteiger partial charge on any atom is 0.408 e. The number of primary amides is 1. The van der Waals surface area contributed by atoms with Crippen molar-refractivity contribution in [3.63, 3.8) is 0 Å². The average Bonchev–Trinajstić information content (AvgIpc) is 2.66. The van der Waals surface area contributed by atoms with Gasteiger partial charge in [0.1, 0.15) is 11.6 Å². The summed E-state index contributed by atoms with van der Waals surface area (Å²) in [5.74, 6) is -0.677. The fourth-order valence-corrected chi connectivity index (χ4v) is 8.19. The van der Waals surface area contributed by atoms with Gasteiger partial charge < -0.3 is 20.2 Å². The summed E-state index contributed by atoms with van der Waals surface area (Å²) in [5, 5.41) is 4.46. The highest BCUT2D eigenvalue weighted by atomic mass is 28.4. The van der Waals surface area contributed by atoms with Crippen molar-refractivity contribution in [1.82, 2.24) is 5.32 Å². The molecule has 0 radical (unpaired) electrons. The van der Waals surface area contributed by atoms with Gasteiger partial charge in [-0.1, -0.05) is 81.4 Å². The predicted octanol–water partition coefficient (Wildman–Crippen LogP) is 2.94. The Kier molecular flexibility index (Phi) is 7.67. The van der Waals surface area contributed by atoms with E-state index in [2.05, 4.69) is 50.4 Å². The summed E-state index contributed by atoms with van der Waals surface area (Å²) < 4.78 is 12.0. The van der Waals surface area contributed by atoms with Gasteiger partial charge in [-0.3, -0.25) is 4.79 Å². The van der Waals surface area contributed by atoms with Crippen molar-refractivity contribution < 1.29 is 18.8 Å². The minimum absolute atomic E-state index is 0.0537. The SMILES string of the molecule is CC(C)(C)OC(=O)NC(CO[Si](c1ccccc1)(c1ccccc1)C(C)(C)C)C(N)=O. The van der Waals surface area contributed by atoms with Crippen LogP contribution in [0.2, 0.25) is 5.04 Å². The van der Waals surface area contributed by atoms with Gasteiger partial charge in [-0.25, -0.2) is 4.79 Å². The van der Waals surface area contributed by atoms with E-state index in [4.69, 9.17) is 14.9 Å². The van der Waals surface area contributed by atoms with Gasteiger partial charge in [0.25, 0.3) is 8.32 Å². The van der Waals surface area contributed by atoms with Crippen LogP contribution in [0.4, 0.5) is 4.79 Å². The zero-order valence-electron chi connectivity index (χ0n) is 19.3. The number of benzene rings is 2. The number of amides is 2. The molecule has 2 amide bonds. The van der Waals surface area contributed by atoms with E-state index < -0.39 is 32.0 Å². The molecule has 7 heteroatoms. The summed E-state index contributed by atoms with van der Waals surface area (Å²) in [6.07, 6.45) is -0.706. The zero-order valence-corrected chi connectivity index (χ0v) is 20.3. The third kappa shape index (κ3) is 6.18. The number of ether oxygens (including phenoxy) is 1. The van der Waals surface area contributed by atoms with Crippen molar-refractivity contribution in [2.24, 2.45) is 5.73 Å². The number of hydrogen-bond donors (Lipinski definition) is 2. The Morgan fingerprint density at radius 2 is 1.35 bits per heavy atom. The summed E-state index contributed by atoms with van der Waals surface area (Å²) >= 11 is 0. The van der Waals surface area contributed by atoms with Crippen LogP contribution in [0.3, 0.4) is 0 Å². The van der Waals surface area contributed by atoms with Gasteiger partial charge in [-0.05, 0) is 36.2 Å². The predicted molar refractivity (Wildman–Crippen MR) is 126 cm³/mol. The molecule has 0 aliphatic carbocycles. The van der Waals surface area contributed by atoms with E-state index >= 15 is 0 Å². The van der Waals surface area contributed by atoms with E-state index in [1.165, 1.54) is 0 Å². The lowest BCUT2D eigenvalue weighted by atomic mass is 10.2. The number of nitrogens with two attached hydrogens (primary N) is 1. The van der Waals surface area contributed by atoms with Gasteiger partial charge in [0.15, 0.2) is 0 Å². The maximum atomic E-state index is 12.2. The number of carbonyl (C=O) groups is 2. The molecule has 0 saturated heterocycles. The Hall–Kier alpha value is -2.64. The minimum atomic E-state index is -2.86. The molecule has 3 N–H and O–H groups in total. The highest BCUT2D eigenvalue weighted by Crippen LogP contribution is 2.36. The summed E-state index contributed by atoms with van der Waals surface area (Å²) in [5.41, 5.74) is 4.90. The molecule has 0 spiro atoms. The number of carbonyl (C=O) groups excluding carboxylic acids is 2. The van der Waals surface area contributed by atoms with E-state index in [0.29, 0.717) is 0 Å². The van der Waals surface area contributed by atoms with Crippen LogP contribution in [0.5, 0.6) is 0 Å². The first-order valence-electron chi connectivity index (χ1n) is 10.4. The average molecular weight is 443 g/mol. The summed E-state index contributed by atoms with van der Waals surface area (Å²) in [6, 6.07) is 19.1. The maximum absolute atomic E-state index is 12.2. The number of alkyl carbamates (subject to hydrolysis) is 1. The Morgan fingerprint density at radius 1 is 0.903 bits per heavy atom. The van der Waals surface area contributed by atoms with Crippen LogP contribution < -0.4 is 21.4 Å². The second-order valence-corrected chi connectivity index (χ2v) is 13.9. The quantitative estimate of drug-likeness (QED) is 0.645. The third-order valence-corrected chi connectivity index (χ3v) is 9.92. The largest absolute Gasteiger partial charge is 0.444 e. The zero-order chi connectivity index (χ0) is 23.3. The molecule has 2 aromatic rings. The number of rotatable bonds is 7. The normalized spacial score (nSPS) is 13.4. The number of nitrogens with one attached hydrogen (secondary N) is 1. The Morgan fingerprint density at radius 3 is 1.71 bits per heavy atom. The monoisotopic (exact) mass is 442 g/mol. The molecular weight excluding hydrogens is 408 g/mol. The minimum Gasteiger partial charge on any atom is -0.444 e. The number of hydrogen-bond acceptors (Lipinski definition) is 4. The van der Waals surface area contributed by atoms with Crippen LogP contribution in [-0.2, 0) is 14.0 Å².